The van der Waals surface area contributed by atoms with Gasteiger partial charge in [-0.05, 0) is 44.6 Å². The molecule has 5 atom stereocenters. The van der Waals surface area contributed by atoms with Crippen LogP contribution in [0.2, 0.25) is 0 Å². The highest BCUT2D eigenvalue weighted by Crippen LogP contribution is 2.11. The van der Waals surface area contributed by atoms with Gasteiger partial charge in [-0.25, -0.2) is 9.78 Å². The quantitative estimate of drug-likeness (QED) is 0.0519. The Morgan fingerprint density at radius 1 is 1.03 bits per heavy atom. The molecule has 1 rings (SSSR count). The number of hydrogen-bond donors (Lipinski definition) is 9. The van der Waals surface area contributed by atoms with Gasteiger partial charge < -0.3 is 49.0 Å². The van der Waals surface area contributed by atoms with Crippen molar-refractivity contribution in [2.75, 3.05) is 13.1 Å². The molecule has 0 aliphatic carbocycles. The molecule has 0 fully saturated rings. The van der Waals surface area contributed by atoms with Crippen molar-refractivity contribution in [2.24, 2.45) is 33.8 Å². The molecule has 0 aliphatic rings. The van der Waals surface area contributed by atoms with E-state index < -0.39 is 47.9 Å². The second-order valence-electron chi connectivity index (χ2n) is 9.45. The minimum atomic E-state index is -1.17. The van der Waals surface area contributed by atoms with Crippen LogP contribution in [0.15, 0.2) is 17.5 Å². The summed E-state index contributed by atoms with van der Waals surface area (Å²) in [5.74, 6) is -3.37. The van der Waals surface area contributed by atoms with Gasteiger partial charge in [0.15, 0.2) is 5.96 Å². The van der Waals surface area contributed by atoms with Crippen LogP contribution in [0.5, 0.6) is 0 Å². The zero-order chi connectivity index (χ0) is 29.4. The van der Waals surface area contributed by atoms with Crippen molar-refractivity contribution in [3.05, 3.63) is 18.2 Å². The van der Waals surface area contributed by atoms with E-state index in [-0.39, 0.29) is 31.1 Å². The Bertz CT molecular complexity index is 936. The van der Waals surface area contributed by atoms with Crippen LogP contribution in [0.1, 0.15) is 58.1 Å². The number of aromatic amines is 1. The molecule has 0 bridgehead atoms. The highest BCUT2D eigenvalue weighted by Gasteiger charge is 2.33. The Hall–Kier alpha value is -3.72. The largest absolute Gasteiger partial charge is 0.480 e. The highest BCUT2D eigenvalue weighted by molar-refractivity contribution is 5.94. The van der Waals surface area contributed by atoms with Gasteiger partial charge in [0, 0.05) is 24.9 Å². The molecule has 13 N–H and O–H groups in total. The lowest BCUT2D eigenvalue weighted by Crippen LogP contribution is -2.59. The van der Waals surface area contributed by atoms with E-state index in [1.165, 1.54) is 12.5 Å². The number of carbonyl (C=O) groups excluding carboxylic acids is 3. The lowest BCUT2D eigenvalue weighted by atomic mass is 9.96. The molecule has 0 spiro atoms. The van der Waals surface area contributed by atoms with Crippen LogP contribution >= 0.6 is 0 Å². The predicted molar refractivity (Wildman–Crippen MR) is 146 cm³/mol. The molecule has 39 heavy (non-hydrogen) atoms. The third-order valence-corrected chi connectivity index (χ3v) is 6.27. The summed E-state index contributed by atoms with van der Waals surface area (Å²) in [5, 5.41) is 17.4. The number of imidazole rings is 1. The Morgan fingerprint density at radius 2 is 1.72 bits per heavy atom. The molecular formula is C24H44N10O5. The van der Waals surface area contributed by atoms with Gasteiger partial charge in [0.05, 0.1) is 12.4 Å². The van der Waals surface area contributed by atoms with Gasteiger partial charge in [0.2, 0.25) is 17.7 Å². The van der Waals surface area contributed by atoms with E-state index in [4.69, 9.17) is 22.9 Å². The number of nitrogens with one attached hydrogen (secondary N) is 4. The van der Waals surface area contributed by atoms with Gasteiger partial charge in [-0.15, -0.1) is 0 Å². The van der Waals surface area contributed by atoms with Crippen LogP contribution in [0.4, 0.5) is 0 Å². The molecule has 1 aromatic rings. The monoisotopic (exact) mass is 552 g/mol. The average Bonchev–Trinajstić information content (AvgIpc) is 3.40. The summed E-state index contributed by atoms with van der Waals surface area (Å²) >= 11 is 0. The van der Waals surface area contributed by atoms with Crippen molar-refractivity contribution in [2.45, 2.75) is 83.0 Å². The van der Waals surface area contributed by atoms with Crippen LogP contribution in [-0.2, 0) is 25.6 Å². The summed E-state index contributed by atoms with van der Waals surface area (Å²) in [6, 6.07) is -4.16. The van der Waals surface area contributed by atoms with E-state index in [9.17, 15) is 24.3 Å². The number of carboxylic acids is 1. The van der Waals surface area contributed by atoms with E-state index in [0.717, 1.165) is 0 Å². The summed E-state index contributed by atoms with van der Waals surface area (Å²) in [5.41, 5.74) is 22.7. The molecule has 0 radical (unpaired) electrons. The highest BCUT2D eigenvalue weighted by atomic mass is 16.4. The lowest BCUT2D eigenvalue weighted by Gasteiger charge is -2.28. The molecular weight excluding hydrogens is 508 g/mol. The minimum Gasteiger partial charge on any atom is -0.480 e. The first kappa shape index (κ1) is 33.3. The van der Waals surface area contributed by atoms with Crippen molar-refractivity contribution >= 4 is 29.7 Å². The summed E-state index contributed by atoms with van der Waals surface area (Å²) < 4.78 is 0. The first-order valence-electron chi connectivity index (χ1n) is 13.1. The van der Waals surface area contributed by atoms with E-state index in [2.05, 4.69) is 30.9 Å². The van der Waals surface area contributed by atoms with Gasteiger partial charge in [-0.1, -0.05) is 20.3 Å². The van der Waals surface area contributed by atoms with Gasteiger partial charge in [-0.2, -0.15) is 0 Å². The number of hydrogen-bond acceptors (Lipinski definition) is 8. The maximum atomic E-state index is 13.4. The van der Waals surface area contributed by atoms with E-state index in [1.807, 2.05) is 6.92 Å². The molecule has 3 amide bonds. The molecule has 15 heteroatoms. The van der Waals surface area contributed by atoms with Crippen molar-refractivity contribution in [3.63, 3.8) is 0 Å². The number of rotatable bonds is 19. The summed E-state index contributed by atoms with van der Waals surface area (Å²) in [7, 11) is 0. The van der Waals surface area contributed by atoms with Crippen LogP contribution in [-0.4, -0.2) is 82.0 Å². The predicted octanol–water partition coefficient (Wildman–Crippen LogP) is -1.95. The van der Waals surface area contributed by atoms with Crippen LogP contribution in [0.3, 0.4) is 0 Å². The molecule has 15 nitrogen and oxygen atoms in total. The maximum Gasteiger partial charge on any atom is 0.326 e. The fourth-order valence-corrected chi connectivity index (χ4v) is 3.72. The van der Waals surface area contributed by atoms with Crippen LogP contribution < -0.4 is 38.9 Å². The van der Waals surface area contributed by atoms with Gasteiger partial charge in [0.25, 0.3) is 0 Å². The Labute approximate surface area is 228 Å². The van der Waals surface area contributed by atoms with Crippen molar-refractivity contribution < 1.29 is 24.3 Å². The third kappa shape index (κ3) is 12.6. The SMILES string of the molecule is CCC(C)C(NC(=O)C(Cc1cnc[nH]1)NC(=O)C(N)CCCN=C(N)N)C(=O)NC(CCCCN)C(=O)O. The number of carboxylic acid groups (broad SMARTS) is 1. The van der Waals surface area contributed by atoms with Crippen LogP contribution in [0.25, 0.3) is 0 Å². The molecule has 220 valence electrons. The fourth-order valence-electron chi connectivity index (χ4n) is 3.72. The number of amides is 3. The van der Waals surface area contributed by atoms with E-state index in [1.54, 1.807) is 6.92 Å². The molecule has 5 unspecified atom stereocenters. The topological polar surface area (TPSA) is 270 Å². The van der Waals surface area contributed by atoms with E-state index in [0.29, 0.717) is 44.5 Å². The first-order chi connectivity index (χ1) is 18.5. The lowest BCUT2D eigenvalue weighted by molar-refractivity contribution is -0.143. The molecule has 0 aromatic carbocycles. The molecule has 0 saturated carbocycles. The zero-order valence-electron chi connectivity index (χ0n) is 22.7. The van der Waals surface area contributed by atoms with Gasteiger partial charge in [0.1, 0.15) is 18.1 Å². The second-order valence-corrected chi connectivity index (χ2v) is 9.45. The number of nitrogens with two attached hydrogens (primary N) is 4. The standard InChI is InChI=1S/C24H44N10O5/c1-3-14(2)19(22(37)32-17(23(38)39)8-4-5-9-25)34-21(36)18(11-15-12-29-13-31-15)33-20(35)16(26)7-6-10-30-24(27)28/h12-14,16-19H,3-11,25-26H2,1-2H3,(H,29,31)(H,32,37)(H,33,35)(H,34,36)(H,38,39)(H4,27,28,30). The summed E-state index contributed by atoms with van der Waals surface area (Å²) in [6.45, 7) is 4.33. The third-order valence-electron chi connectivity index (χ3n) is 6.27. The number of H-pyrrole nitrogens is 1. The normalized spacial score (nSPS) is 14.8. The number of aromatic nitrogens is 2. The number of aliphatic carboxylic acids is 1. The fraction of sp³-hybridized carbons (Fsp3) is 0.667. The Morgan fingerprint density at radius 3 is 2.28 bits per heavy atom. The van der Waals surface area contributed by atoms with Crippen molar-refractivity contribution in [1.29, 1.82) is 0 Å². The number of aliphatic imine (C=N–C) groups is 1. The number of nitrogens with zero attached hydrogens (tertiary/aromatic N) is 2. The molecule has 1 aromatic heterocycles. The van der Waals surface area contributed by atoms with E-state index >= 15 is 0 Å². The maximum absolute atomic E-state index is 13.4. The average molecular weight is 553 g/mol. The molecule has 0 aliphatic heterocycles. The number of unbranched alkanes of at least 4 members (excludes halogenated alkanes) is 1. The smallest absolute Gasteiger partial charge is 0.326 e. The summed E-state index contributed by atoms with van der Waals surface area (Å²) in [4.78, 5) is 61.7. The Balaban J connectivity index is 2.99. The Kier molecular flexibility index (Phi) is 15.1. The van der Waals surface area contributed by atoms with Crippen molar-refractivity contribution in [1.82, 2.24) is 25.9 Å². The van der Waals surface area contributed by atoms with Gasteiger partial charge >= 0.3 is 5.97 Å². The molecule has 1 heterocycles. The molecule has 0 saturated heterocycles. The zero-order valence-corrected chi connectivity index (χ0v) is 22.7. The number of guanidine groups is 1. The first-order valence-corrected chi connectivity index (χ1v) is 13.1. The summed E-state index contributed by atoms with van der Waals surface area (Å²) in [6.07, 6.45) is 5.63. The minimum absolute atomic E-state index is 0.0595. The van der Waals surface area contributed by atoms with Gasteiger partial charge in [-0.3, -0.25) is 19.4 Å². The second kappa shape index (κ2) is 17.7. The van der Waals surface area contributed by atoms with Crippen LogP contribution in [0, 0.1) is 5.92 Å². The number of carbonyl (C=O) groups is 4. The van der Waals surface area contributed by atoms with Crippen molar-refractivity contribution in [3.8, 4) is 0 Å².